The predicted octanol–water partition coefficient (Wildman–Crippen LogP) is 2.79. The zero-order valence-electron chi connectivity index (χ0n) is 8.61. The van der Waals surface area contributed by atoms with Crippen molar-refractivity contribution in [3.63, 3.8) is 0 Å². The number of aryl methyl sites for hydroxylation is 1. The standard InChI is InChI=1S/C11H17NO/c1-4-5-6-10-8(2)11(7-13)12-9(10)3/h7,12H,4-6H2,1-3H3. The summed E-state index contributed by atoms with van der Waals surface area (Å²) >= 11 is 0. The van der Waals surface area contributed by atoms with Crippen LogP contribution in [0.3, 0.4) is 0 Å². The van der Waals surface area contributed by atoms with Crippen molar-refractivity contribution in [3.05, 3.63) is 22.5 Å². The highest BCUT2D eigenvalue weighted by Gasteiger charge is 2.09. The van der Waals surface area contributed by atoms with E-state index in [0.717, 1.165) is 29.7 Å². The molecule has 0 aliphatic rings. The van der Waals surface area contributed by atoms with E-state index in [1.54, 1.807) is 0 Å². The lowest BCUT2D eigenvalue weighted by Crippen LogP contribution is -1.88. The van der Waals surface area contributed by atoms with Crippen LogP contribution >= 0.6 is 0 Å². The number of rotatable bonds is 4. The quantitative estimate of drug-likeness (QED) is 0.708. The highest BCUT2D eigenvalue weighted by Crippen LogP contribution is 2.18. The fourth-order valence-electron chi connectivity index (χ4n) is 1.66. The second-order valence-corrected chi connectivity index (χ2v) is 3.49. The van der Waals surface area contributed by atoms with E-state index in [9.17, 15) is 4.79 Å². The van der Waals surface area contributed by atoms with Crippen molar-refractivity contribution >= 4 is 6.29 Å². The number of aldehydes is 1. The molecule has 0 radical (unpaired) electrons. The Morgan fingerprint density at radius 3 is 2.54 bits per heavy atom. The third-order valence-electron chi connectivity index (χ3n) is 2.53. The van der Waals surface area contributed by atoms with Crippen LogP contribution in [-0.4, -0.2) is 11.3 Å². The lowest BCUT2D eigenvalue weighted by atomic mass is 10.0. The number of aromatic nitrogens is 1. The second kappa shape index (κ2) is 4.26. The summed E-state index contributed by atoms with van der Waals surface area (Å²) in [7, 11) is 0. The minimum absolute atomic E-state index is 0.739. The molecule has 13 heavy (non-hydrogen) atoms. The van der Waals surface area contributed by atoms with Gasteiger partial charge >= 0.3 is 0 Å². The first-order valence-electron chi connectivity index (χ1n) is 4.84. The van der Waals surface area contributed by atoms with Crippen molar-refractivity contribution in [1.82, 2.24) is 4.98 Å². The minimum atomic E-state index is 0.739. The van der Waals surface area contributed by atoms with Gasteiger partial charge in [0.1, 0.15) is 0 Å². The van der Waals surface area contributed by atoms with E-state index < -0.39 is 0 Å². The molecule has 2 nitrogen and oxygen atoms in total. The summed E-state index contributed by atoms with van der Waals surface area (Å²) in [6, 6.07) is 0. The lowest BCUT2D eigenvalue weighted by molar-refractivity contribution is 0.111. The van der Waals surface area contributed by atoms with Gasteiger partial charge in [-0.1, -0.05) is 13.3 Å². The molecule has 1 aromatic heterocycles. The van der Waals surface area contributed by atoms with Crippen LogP contribution < -0.4 is 0 Å². The number of carbonyl (C=O) groups is 1. The molecule has 0 spiro atoms. The summed E-state index contributed by atoms with van der Waals surface area (Å²) in [6.45, 7) is 6.22. The fourth-order valence-corrected chi connectivity index (χ4v) is 1.66. The Bertz CT molecular complexity index is 299. The van der Waals surface area contributed by atoms with E-state index >= 15 is 0 Å². The normalized spacial score (nSPS) is 10.4. The number of H-pyrrole nitrogens is 1. The molecule has 0 aromatic carbocycles. The van der Waals surface area contributed by atoms with Crippen molar-refractivity contribution in [2.75, 3.05) is 0 Å². The van der Waals surface area contributed by atoms with Crippen LogP contribution in [0.5, 0.6) is 0 Å². The first-order valence-corrected chi connectivity index (χ1v) is 4.84. The Hall–Kier alpha value is -1.05. The number of nitrogens with one attached hydrogen (secondary N) is 1. The van der Waals surface area contributed by atoms with Crippen molar-refractivity contribution < 1.29 is 4.79 Å². The molecule has 2 heteroatoms. The summed E-state index contributed by atoms with van der Waals surface area (Å²) in [4.78, 5) is 13.7. The third-order valence-corrected chi connectivity index (χ3v) is 2.53. The Labute approximate surface area is 79.4 Å². The van der Waals surface area contributed by atoms with Crippen molar-refractivity contribution in [2.24, 2.45) is 0 Å². The third kappa shape index (κ3) is 2.00. The summed E-state index contributed by atoms with van der Waals surface area (Å²) < 4.78 is 0. The highest BCUT2D eigenvalue weighted by molar-refractivity contribution is 5.75. The molecule has 0 aliphatic carbocycles. The molecular weight excluding hydrogens is 162 g/mol. The molecule has 0 bridgehead atoms. The monoisotopic (exact) mass is 179 g/mol. The van der Waals surface area contributed by atoms with Crippen LogP contribution in [0.2, 0.25) is 0 Å². The van der Waals surface area contributed by atoms with Gasteiger partial charge in [-0.25, -0.2) is 0 Å². The van der Waals surface area contributed by atoms with Crippen molar-refractivity contribution in [2.45, 2.75) is 40.0 Å². The Balaban J connectivity index is 2.91. The van der Waals surface area contributed by atoms with Gasteiger partial charge in [0.15, 0.2) is 6.29 Å². The van der Waals surface area contributed by atoms with Crippen molar-refractivity contribution in [1.29, 1.82) is 0 Å². The molecule has 72 valence electrons. The minimum Gasteiger partial charge on any atom is -0.356 e. The molecule has 1 heterocycles. The molecule has 0 aliphatic heterocycles. The lowest BCUT2D eigenvalue weighted by Gasteiger charge is -1.99. The van der Waals surface area contributed by atoms with Crippen LogP contribution in [0.1, 0.15) is 47.1 Å². The average molecular weight is 179 g/mol. The van der Waals surface area contributed by atoms with Crippen LogP contribution in [0.25, 0.3) is 0 Å². The Morgan fingerprint density at radius 1 is 1.38 bits per heavy atom. The first kappa shape index (κ1) is 10.0. The van der Waals surface area contributed by atoms with Gasteiger partial charge in [0.05, 0.1) is 5.69 Å². The smallest absolute Gasteiger partial charge is 0.166 e. The Morgan fingerprint density at radius 2 is 2.08 bits per heavy atom. The predicted molar refractivity (Wildman–Crippen MR) is 54.3 cm³/mol. The largest absolute Gasteiger partial charge is 0.356 e. The highest BCUT2D eigenvalue weighted by atomic mass is 16.1. The zero-order chi connectivity index (χ0) is 9.84. The first-order chi connectivity index (χ1) is 6.20. The SMILES string of the molecule is CCCCc1c(C)[nH]c(C=O)c1C. The van der Waals surface area contributed by atoms with Crippen LogP contribution in [0, 0.1) is 13.8 Å². The Kier molecular flexibility index (Phi) is 3.29. The molecule has 0 saturated carbocycles. The van der Waals surface area contributed by atoms with Gasteiger partial charge in [0, 0.05) is 5.69 Å². The second-order valence-electron chi connectivity index (χ2n) is 3.49. The maximum absolute atomic E-state index is 10.6. The maximum atomic E-state index is 10.6. The van der Waals surface area contributed by atoms with Crippen molar-refractivity contribution in [3.8, 4) is 0 Å². The van der Waals surface area contributed by atoms with E-state index in [1.807, 2.05) is 13.8 Å². The van der Waals surface area contributed by atoms with E-state index in [4.69, 9.17) is 0 Å². The number of unbranched alkanes of at least 4 members (excludes halogenated alkanes) is 1. The summed E-state index contributed by atoms with van der Waals surface area (Å²) in [5.74, 6) is 0. The molecule has 0 saturated heterocycles. The molecule has 0 fully saturated rings. The van der Waals surface area contributed by atoms with Gasteiger partial charge in [-0.3, -0.25) is 4.79 Å². The average Bonchev–Trinajstić information content (AvgIpc) is 2.39. The van der Waals surface area contributed by atoms with Gasteiger partial charge in [0.2, 0.25) is 0 Å². The van der Waals surface area contributed by atoms with Gasteiger partial charge in [-0.2, -0.15) is 0 Å². The summed E-state index contributed by atoms with van der Waals surface area (Å²) in [6.07, 6.45) is 4.37. The van der Waals surface area contributed by atoms with Gasteiger partial charge in [0.25, 0.3) is 0 Å². The summed E-state index contributed by atoms with van der Waals surface area (Å²) in [5, 5.41) is 0. The number of aromatic amines is 1. The summed E-state index contributed by atoms with van der Waals surface area (Å²) in [5.41, 5.74) is 4.33. The molecule has 0 amide bonds. The molecule has 1 N–H and O–H groups in total. The van der Waals surface area contributed by atoms with Crippen LogP contribution in [0.4, 0.5) is 0 Å². The molecule has 0 unspecified atom stereocenters. The number of hydrogen-bond donors (Lipinski definition) is 1. The topological polar surface area (TPSA) is 32.9 Å². The van der Waals surface area contributed by atoms with Gasteiger partial charge in [-0.15, -0.1) is 0 Å². The van der Waals surface area contributed by atoms with E-state index in [2.05, 4.69) is 11.9 Å². The maximum Gasteiger partial charge on any atom is 0.166 e. The molecular formula is C11H17NO. The van der Waals surface area contributed by atoms with Crippen LogP contribution in [-0.2, 0) is 6.42 Å². The molecule has 1 aromatic rings. The van der Waals surface area contributed by atoms with Gasteiger partial charge < -0.3 is 4.98 Å². The fraction of sp³-hybridized carbons (Fsp3) is 0.545. The molecule has 0 atom stereocenters. The van der Waals surface area contributed by atoms with E-state index in [-0.39, 0.29) is 0 Å². The van der Waals surface area contributed by atoms with E-state index in [1.165, 1.54) is 18.4 Å². The number of hydrogen-bond acceptors (Lipinski definition) is 1. The van der Waals surface area contributed by atoms with Gasteiger partial charge in [-0.05, 0) is 37.8 Å². The zero-order valence-corrected chi connectivity index (χ0v) is 8.61. The van der Waals surface area contributed by atoms with E-state index in [0.29, 0.717) is 0 Å². The number of carbonyl (C=O) groups excluding carboxylic acids is 1. The molecule has 1 rings (SSSR count). The van der Waals surface area contributed by atoms with Crippen LogP contribution in [0.15, 0.2) is 0 Å².